The highest BCUT2D eigenvalue weighted by atomic mass is 16.6. The summed E-state index contributed by atoms with van der Waals surface area (Å²) in [5, 5.41) is 0. The number of aryl methyl sites for hydroxylation is 3. The van der Waals surface area contributed by atoms with E-state index in [9.17, 15) is 14.4 Å². The average molecular weight is 704 g/mol. The van der Waals surface area contributed by atoms with Gasteiger partial charge in [-0.3, -0.25) is 4.90 Å². The van der Waals surface area contributed by atoms with Gasteiger partial charge in [0.1, 0.15) is 30.1 Å². The van der Waals surface area contributed by atoms with E-state index in [-0.39, 0.29) is 19.1 Å². The van der Waals surface area contributed by atoms with Crippen molar-refractivity contribution in [3.8, 4) is 16.9 Å². The lowest BCUT2D eigenvalue weighted by Crippen LogP contribution is -2.49. The molecule has 1 amide bonds. The molecule has 1 aliphatic heterocycles. The zero-order chi connectivity index (χ0) is 36.8. The van der Waals surface area contributed by atoms with E-state index in [1.165, 1.54) is 11.1 Å². The Labute approximate surface area is 307 Å². The Morgan fingerprint density at radius 3 is 2.23 bits per heavy atom. The lowest BCUT2D eigenvalue weighted by atomic mass is 9.98. The Hall–Kier alpha value is -5.11. The van der Waals surface area contributed by atoms with Gasteiger partial charge in [-0.15, -0.1) is 0 Å². The molecule has 1 fully saturated rings. The van der Waals surface area contributed by atoms with E-state index >= 15 is 0 Å². The van der Waals surface area contributed by atoms with Gasteiger partial charge in [-0.25, -0.2) is 14.4 Å². The molecule has 1 saturated heterocycles. The second kappa shape index (κ2) is 16.1. The number of rotatable bonds is 11. The molecule has 4 aromatic rings. The number of carbonyl (C=O) groups is 3. The van der Waals surface area contributed by atoms with Gasteiger partial charge in [0.2, 0.25) is 0 Å². The van der Waals surface area contributed by atoms with Crippen molar-refractivity contribution in [2.75, 3.05) is 19.8 Å². The Kier molecular flexibility index (Phi) is 11.3. The van der Waals surface area contributed by atoms with Crippen LogP contribution >= 0.6 is 0 Å². The third kappa shape index (κ3) is 8.84. The smallest absolute Gasteiger partial charge is 0.410 e. The van der Waals surface area contributed by atoms with Crippen LogP contribution in [0.3, 0.4) is 0 Å². The van der Waals surface area contributed by atoms with Crippen LogP contribution in [-0.4, -0.2) is 54.3 Å². The number of hydrogen-bond acceptors (Lipinski definition) is 7. The predicted molar refractivity (Wildman–Crippen MR) is 200 cm³/mol. The molecule has 52 heavy (non-hydrogen) atoms. The molecule has 272 valence electrons. The zero-order valence-corrected chi connectivity index (χ0v) is 30.9. The third-order valence-electron chi connectivity index (χ3n) is 9.88. The molecule has 0 saturated carbocycles. The number of ether oxygens (including phenoxy) is 4. The number of benzene rings is 4. The number of esters is 2. The summed E-state index contributed by atoms with van der Waals surface area (Å²) in [6, 6.07) is 29.3. The summed E-state index contributed by atoms with van der Waals surface area (Å²) in [6.45, 7) is 9.94. The molecule has 1 heterocycles. The first-order chi connectivity index (χ1) is 25.0. The molecule has 6 rings (SSSR count). The van der Waals surface area contributed by atoms with Crippen LogP contribution in [-0.2, 0) is 30.2 Å². The maximum Gasteiger partial charge on any atom is 0.410 e. The van der Waals surface area contributed by atoms with E-state index < -0.39 is 35.8 Å². The second-order valence-corrected chi connectivity index (χ2v) is 14.8. The lowest BCUT2D eigenvalue weighted by Gasteiger charge is -2.34. The van der Waals surface area contributed by atoms with Gasteiger partial charge in [0.25, 0.3) is 0 Å². The molecule has 1 unspecified atom stereocenters. The van der Waals surface area contributed by atoms with Crippen LogP contribution in [0.25, 0.3) is 11.1 Å². The Morgan fingerprint density at radius 1 is 0.827 bits per heavy atom. The van der Waals surface area contributed by atoms with Crippen molar-refractivity contribution < 1.29 is 33.3 Å². The molecule has 8 heteroatoms. The highest BCUT2D eigenvalue weighted by molar-refractivity contribution is 5.82. The van der Waals surface area contributed by atoms with Crippen molar-refractivity contribution in [2.24, 2.45) is 0 Å². The van der Waals surface area contributed by atoms with Gasteiger partial charge in [-0.05, 0) is 123 Å². The second-order valence-electron chi connectivity index (χ2n) is 14.8. The minimum atomic E-state index is -0.764. The number of likely N-dealkylation sites (tertiary alicyclic amines) is 1. The van der Waals surface area contributed by atoms with Crippen molar-refractivity contribution in [3.63, 3.8) is 0 Å². The molecule has 2 aliphatic rings. The van der Waals surface area contributed by atoms with Crippen molar-refractivity contribution in [1.82, 2.24) is 4.90 Å². The van der Waals surface area contributed by atoms with Gasteiger partial charge in [-0.2, -0.15) is 0 Å². The molecular weight excluding hydrogens is 654 g/mol. The molecule has 0 bridgehead atoms. The molecule has 8 nitrogen and oxygen atoms in total. The fraction of sp³-hybridized carbons (Fsp3) is 0.386. The van der Waals surface area contributed by atoms with Crippen LogP contribution in [0.4, 0.5) is 4.79 Å². The van der Waals surface area contributed by atoms with Gasteiger partial charge >= 0.3 is 18.0 Å². The Morgan fingerprint density at radius 2 is 1.54 bits per heavy atom. The maximum absolute atomic E-state index is 14.1. The zero-order valence-electron chi connectivity index (χ0n) is 30.9. The molecule has 1 aliphatic carbocycles. The molecule has 0 N–H and O–H groups in total. The Bertz CT molecular complexity index is 1870. The normalized spacial score (nSPS) is 16.0. The van der Waals surface area contributed by atoms with Gasteiger partial charge < -0.3 is 18.9 Å². The SMILES string of the molecule is Cc1ccc(CC[C@@H](OC(=O)C2CCCCN2C(=O)OCC2c3ccccc3-c3ccccc32)c2cccc(OCC(=O)OC(C)(C)C)c2)cc1C. The van der Waals surface area contributed by atoms with E-state index in [0.717, 1.165) is 46.2 Å². The highest BCUT2D eigenvalue weighted by Gasteiger charge is 2.37. The van der Waals surface area contributed by atoms with Crippen molar-refractivity contribution in [2.45, 2.75) is 90.4 Å². The molecule has 0 spiro atoms. The van der Waals surface area contributed by atoms with E-state index in [2.05, 4.69) is 56.3 Å². The molecule has 0 radical (unpaired) electrons. The Balaban J connectivity index is 1.17. The number of fused-ring (bicyclic) bond motifs is 3. The first kappa shape index (κ1) is 36.7. The van der Waals surface area contributed by atoms with Gasteiger partial charge in [-0.1, -0.05) is 78.9 Å². The van der Waals surface area contributed by atoms with Gasteiger partial charge in [0.15, 0.2) is 6.61 Å². The molecule has 0 aromatic heterocycles. The summed E-state index contributed by atoms with van der Waals surface area (Å²) in [4.78, 5) is 41.7. The quantitative estimate of drug-likeness (QED) is 0.114. The van der Waals surface area contributed by atoms with E-state index in [0.29, 0.717) is 31.6 Å². The highest BCUT2D eigenvalue weighted by Crippen LogP contribution is 2.44. The summed E-state index contributed by atoms with van der Waals surface area (Å²) in [7, 11) is 0. The van der Waals surface area contributed by atoms with Crippen LogP contribution in [0.2, 0.25) is 0 Å². The molecule has 4 aromatic carbocycles. The largest absolute Gasteiger partial charge is 0.482 e. The molecular formula is C44H49NO7. The topological polar surface area (TPSA) is 91.4 Å². The summed E-state index contributed by atoms with van der Waals surface area (Å²) >= 11 is 0. The minimum Gasteiger partial charge on any atom is -0.482 e. The fourth-order valence-electron chi connectivity index (χ4n) is 7.16. The number of carbonyl (C=O) groups excluding carboxylic acids is 3. The monoisotopic (exact) mass is 703 g/mol. The van der Waals surface area contributed by atoms with Crippen LogP contribution in [0.15, 0.2) is 91.0 Å². The van der Waals surface area contributed by atoms with Gasteiger partial charge in [0.05, 0.1) is 0 Å². The van der Waals surface area contributed by atoms with E-state index in [1.54, 1.807) is 37.8 Å². The average Bonchev–Trinajstić information content (AvgIpc) is 3.45. The minimum absolute atomic E-state index is 0.0776. The van der Waals surface area contributed by atoms with Crippen molar-refractivity contribution in [3.05, 3.63) is 124 Å². The van der Waals surface area contributed by atoms with E-state index in [4.69, 9.17) is 18.9 Å². The first-order valence-corrected chi connectivity index (χ1v) is 18.3. The van der Waals surface area contributed by atoms with Crippen LogP contribution < -0.4 is 4.74 Å². The number of amides is 1. The first-order valence-electron chi connectivity index (χ1n) is 18.3. The maximum atomic E-state index is 14.1. The number of nitrogens with zero attached hydrogens (tertiary/aromatic N) is 1. The van der Waals surface area contributed by atoms with E-state index in [1.807, 2.05) is 36.4 Å². The van der Waals surface area contributed by atoms with Crippen LogP contribution in [0.5, 0.6) is 5.75 Å². The summed E-state index contributed by atoms with van der Waals surface area (Å²) in [5.41, 5.74) is 8.25. The van der Waals surface area contributed by atoms with Crippen LogP contribution in [0.1, 0.15) is 91.9 Å². The third-order valence-corrected chi connectivity index (χ3v) is 9.88. The van der Waals surface area contributed by atoms with Crippen LogP contribution in [0, 0.1) is 13.8 Å². The lowest BCUT2D eigenvalue weighted by molar-refractivity contribution is -0.157. The van der Waals surface area contributed by atoms with Crippen molar-refractivity contribution in [1.29, 1.82) is 0 Å². The van der Waals surface area contributed by atoms with Gasteiger partial charge in [0, 0.05) is 12.5 Å². The summed E-state index contributed by atoms with van der Waals surface area (Å²) < 4.78 is 23.5. The molecule has 2 atom stereocenters. The number of piperidine rings is 1. The van der Waals surface area contributed by atoms with Crippen molar-refractivity contribution >= 4 is 18.0 Å². The fourth-order valence-corrected chi connectivity index (χ4v) is 7.16. The number of hydrogen-bond donors (Lipinski definition) is 0. The standard InChI is InChI=1S/C44H49NO7/c1-29-20-21-31(25-30(29)2)22-23-40(32-13-12-14-33(26-32)49-28-41(46)52-44(3,4)5)51-42(47)39-19-10-11-24-45(39)43(48)50-27-38-36-17-8-6-15-34(36)35-16-7-9-18-37(35)38/h6-9,12-18,20-21,25-26,38-40H,10-11,19,22-24,27-28H2,1-5H3/t39?,40-/m1/s1. The predicted octanol–water partition coefficient (Wildman–Crippen LogP) is 9.04. The summed E-state index contributed by atoms with van der Waals surface area (Å²) in [6.07, 6.45) is 2.13. The summed E-state index contributed by atoms with van der Waals surface area (Å²) in [5.74, 6) is -0.542.